The van der Waals surface area contributed by atoms with Gasteiger partial charge in [0.25, 0.3) is 0 Å². The second-order valence-electron chi connectivity index (χ2n) is 4.83. The Kier molecular flexibility index (Phi) is 11.4. The van der Waals surface area contributed by atoms with Crippen LogP contribution in [-0.4, -0.2) is 29.4 Å². The molecule has 1 atom stereocenters. The van der Waals surface area contributed by atoms with Gasteiger partial charge in [-0.1, -0.05) is 19.9 Å². The number of hydrogen-bond acceptors (Lipinski definition) is 4. The fraction of sp³-hybridized carbons (Fsp3) is 0.462. The van der Waals surface area contributed by atoms with Gasteiger partial charge in [0, 0.05) is 18.8 Å². The van der Waals surface area contributed by atoms with Crippen LogP contribution >= 0.6 is 24.8 Å². The van der Waals surface area contributed by atoms with E-state index in [0.717, 1.165) is 5.56 Å². The molecule has 0 radical (unpaired) electrons. The summed E-state index contributed by atoms with van der Waals surface area (Å²) in [6, 6.07) is 2.37. The van der Waals surface area contributed by atoms with Gasteiger partial charge in [-0.2, -0.15) is 0 Å². The number of amides is 2. The summed E-state index contributed by atoms with van der Waals surface area (Å²) in [4.78, 5) is 36.4. The fourth-order valence-electron chi connectivity index (χ4n) is 1.40. The van der Waals surface area contributed by atoms with E-state index in [9.17, 15) is 14.4 Å². The van der Waals surface area contributed by atoms with Crippen molar-refractivity contribution < 1.29 is 9.59 Å². The van der Waals surface area contributed by atoms with Crippen LogP contribution in [0, 0.1) is 5.92 Å². The molecule has 0 unspecified atom stereocenters. The summed E-state index contributed by atoms with van der Waals surface area (Å²) in [6.45, 7) is 3.82. The quantitative estimate of drug-likeness (QED) is 0.573. The first kappa shape index (κ1) is 22.7. The Bertz CT molecular complexity index is 514. The van der Waals surface area contributed by atoms with Crippen LogP contribution in [0.5, 0.6) is 0 Å². The van der Waals surface area contributed by atoms with Crippen LogP contribution in [0.3, 0.4) is 0 Å². The number of hydrogen-bond donors (Lipinski definition) is 4. The molecule has 1 heterocycles. The van der Waals surface area contributed by atoms with E-state index in [2.05, 4.69) is 15.6 Å². The Morgan fingerprint density at radius 3 is 2.36 bits per heavy atom. The van der Waals surface area contributed by atoms with E-state index in [1.807, 2.05) is 13.8 Å². The van der Waals surface area contributed by atoms with E-state index >= 15 is 0 Å². The number of nitrogens with one attached hydrogen (secondary N) is 3. The van der Waals surface area contributed by atoms with Crippen molar-refractivity contribution in [2.24, 2.45) is 11.7 Å². The number of carbonyl (C=O) groups is 2. The highest BCUT2D eigenvalue weighted by Gasteiger charge is 2.17. The van der Waals surface area contributed by atoms with Crippen LogP contribution in [0.1, 0.15) is 19.4 Å². The van der Waals surface area contributed by atoms with Gasteiger partial charge in [-0.15, -0.1) is 24.8 Å². The number of aromatic amines is 1. The Balaban J connectivity index is 0. The number of carbonyl (C=O) groups excluding carboxylic acids is 2. The highest BCUT2D eigenvalue weighted by atomic mass is 35.5. The first-order valence-corrected chi connectivity index (χ1v) is 6.37. The molecule has 0 saturated heterocycles. The van der Waals surface area contributed by atoms with Gasteiger partial charge in [-0.25, -0.2) is 0 Å². The predicted molar refractivity (Wildman–Crippen MR) is 89.2 cm³/mol. The molecule has 0 aliphatic heterocycles. The first-order valence-electron chi connectivity index (χ1n) is 6.37. The molecule has 0 aliphatic carbocycles. The van der Waals surface area contributed by atoms with E-state index in [4.69, 9.17) is 5.73 Å². The van der Waals surface area contributed by atoms with Crippen molar-refractivity contribution in [3.8, 4) is 0 Å². The lowest BCUT2D eigenvalue weighted by molar-refractivity contribution is -0.127. The van der Waals surface area contributed by atoms with Crippen molar-refractivity contribution >= 4 is 36.6 Å². The zero-order chi connectivity index (χ0) is 15.1. The third-order valence-electron chi connectivity index (χ3n) is 2.78. The van der Waals surface area contributed by atoms with Gasteiger partial charge in [-0.3, -0.25) is 14.4 Å². The molecule has 126 valence electrons. The molecule has 9 heteroatoms. The number of pyridine rings is 1. The van der Waals surface area contributed by atoms with Crippen LogP contribution in [0.2, 0.25) is 0 Å². The summed E-state index contributed by atoms with van der Waals surface area (Å²) in [5, 5.41) is 5.10. The van der Waals surface area contributed by atoms with Crippen LogP contribution in [-0.2, 0) is 16.1 Å². The van der Waals surface area contributed by atoms with Gasteiger partial charge < -0.3 is 21.4 Å². The lowest BCUT2D eigenvalue weighted by Crippen LogP contribution is -2.47. The molecule has 0 saturated carbocycles. The van der Waals surface area contributed by atoms with Gasteiger partial charge in [0.15, 0.2) is 0 Å². The summed E-state index contributed by atoms with van der Waals surface area (Å²) >= 11 is 0. The van der Waals surface area contributed by atoms with E-state index < -0.39 is 6.04 Å². The minimum atomic E-state index is -0.623. The number of rotatable bonds is 6. The second kappa shape index (κ2) is 11.1. The van der Waals surface area contributed by atoms with Crippen LogP contribution < -0.4 is 21.9 Å². The lowest BCUT2D eigenvalue weighted by atomic mass is 10.1. The molecule has 0 aromatic carbocycles. The number of halogens is 2. The molecular weight excluding hydrogens is 331 g/mol. The van der Waals surface area contributed by atoms with E-state index in [0.29, 0.717) is 0 Å². The van der Waals surface area contributed by atoms with Crippen molar-refractivity contribution in [3.05, 3.63) is 34.2 Å². The van der Waals surface area contributed by atoms with Crippen molar-refractivity contribution in [2.45, 2.75) is 26.4 Å². The lowest BCUT2D eigenvalue weighted by Gasteiger charge is -2.15. The standard InChI is InChI=1S/C13H20N4O3.2ClH/c1-8(2)12(14)13(20)17-7-11(19)16-6-9-3-4-10(18)15-5-9;;/h3-5,8,12H,6-7,14H2,1-2H3,(H,15,18)(H,16,19)(H,17,20);2*1H/t12-;;/m0../s1. The van der Waals surface area contributed by atoms with Crippen LogP contribution in [0.4, 0.5) is 0 Å². The van der Waals surface area contributed by atoms with E-state index in [1.165, 1.54) is 12.3 Å². The molecule has 7 nitrogen and oxygen atoms in total. The molecule has 2 amide bonds. The highest BCUT2D eigenvalue weighted by molar-refractivity contribution is 5.87. The third kappa shape index (κ3) is 8.02. The molecular formula is C13H22Cl2N4O3. The largest absolute Gasteiger partial charge is 0.350 e. The molecule has 0 aliphatic rings. The third-order valence-corrected chi connectivity index (χ3v) is 2.78. The average molecular weight is 353 g/mol. The molecule has 0 bridgehead atoms. The summed E-state index contributed by atoms with van der Waals surface area (Å²) < 4.78 is 0. The van der Waals surface area contributed by atoms with Crippen molar-refractivity contribution in [1.29, 1.82) is 0 Å². The van der Waals surface area contributed by atoms with Gasteiger partial charge >= 0.3 is 0 Å². The second-order valence-corrected chi connectivity index (χ2v) is 4.83. The Morgan fingerprint density at radius 2 is 1.86 bits per heavy atom. The SMILES string of the molecule is CC(C)[C@H](N)C(=O)NCC(=O)NCc1ccc(=O)[nH]c1.Cl.Cl. The smallest absolute Gasteiger partial charge is 0.247 e. The minimum Gasteiger partial charge on any atom is -0.350 e. The van der Waals surface area contributed by atoms with Crippen LogP contribution in [0.15, 0.2) is 23.1 Å². The molecule has 1 rings (SSSR count). The van der Waals surface area contributed by atoms with Crippen molar-refractivity contribution in [1.82, 2.24) is 15.6 Å². The summed E-state index contributed by atoms with van der Waals surface area (Å²) in [5.41, 5.74) is 6.22. The Hall–Kier alpha value is -1.57. The zero-order valence-corrected chi connectivity index (χ0v) is 14.1. The molecule has 22 heavy (non-hydrogen) atoms. The maximum absolute atomic E-state index is 11.5. The summed E-state index contributed by atoms with van der Waals surface area (Å²) in [5.74, 6) is -0.654. The zero-order valence-electron chi connectivity index (χ0n) is 12.4. The van der Waals surface area contributed by atoms with Crippen molar-refractivity contribution in [2.75, 3.05) is 6.54 Å². The topological polar surface area (TPSA) is 117 Å². The van der Waals surface area contributed by atoms with E-state index in [-0.39, 0.29) is 61.2 Å². The number of nitrogens with two attached hydrogens (primary N) is 1. The Morgan fingerprint density at radius 1 is 1.23 bits per heavy atom. The van der Waals surface area contributed by atoms with Gasteiger partial charge in [-0.05, 0) is 11.5 Å². The molecule has 5 N–H and O–H groups in total. The predicted octanol–water partition coefficient (Wildman–Crippen LogP) is -0.0658. The summed E-state index contributed by atoms with van der Waals surface area (Å²) in [6.07, 6.45) is 1.52. The maximum atomic E-state index is 11.5. The highest BCUT2D eigenvalue weighted by Crippen LogP contribution is 1.97. The molecule has 1 aromatic rings. The van der Waals surface area contributed by atoms with E-state index in [1.54, 1.807) is 6.07 Å². The molecule has 0 spiro atoms. The fourth-order valence-corrected chi connectivity index (χ4v) is 1.40. The summed E-state index contributed by atoms with van der Waals surface area (Å²) in [7, 11) is 0. The van der Waals surface area contributed by atoms with Crippen molar-refractivity contribution in [3.63, 3.8) is 0 Å². The first-order chi connectivity index (χ1) is 9.40. The monoisotopic (exact) mass is 352 g/mol. The Labute approximate surface area is 141 Å². The van der Waals surface area contributed by atoms with Gasteiger partial charge in [0.2, 0.25) is 17.4 Å². The van der Waals surface area contributed by atoms with Crippen LogP contribution in [0.25, 0.3) is 0 Å². The molecule has 0 fully saturated rings. The van der Waals surface area contributed by atoms with Gasteiger partial charge in [0.1, 0.15) is 0 Å². The number of H-pyrrole nitrogens is 1. The normalized spacial score (nSPS) is 10.9. The minimum absolute atomic E-state index is 0. The van der Waals surface area contributed by atoms with Gasteiger partial charge in [0.05, 0.1) is 12.6 Å². The number of aromatic nitrogens is 1. The average Bonchev–Trinajstić information content (AvgIpc) is 2.43. The molecule has 1 aromatic heterocycles. The maximum Gasteiger partial charge on any atom is 0.247 e.